The molecule has 0 aliphatic heterocycles. The molecule has 0 unspecified atom stereocenters. The van der Waals surface area contributed by atoms with Crippen molar-refractivity contribution in [2.75, 3.05) is 5.32 Å². The molecule has 8 nitrogen and oxygen atoms in total. The molecule has 23 heavy (non-hydrogen) atoms. The van der Waals surface area contributed by atoms with Crippen molar-refractivity contribution in [3.63, 3.8) is 0 Å². The highest BCUT2D eigenvalue weighted by molar-refractivity contribution is 9.11. The van der Waals surface area contributed by atoms with Crippen LogP contribution in [-0.4, -0.2) is 24.6 Å². The van der Waals surface area contributed by atoms with Crippen molar-refractivity contribution in [3.05, 3.63) is 34.4 Å². The van der Waals surface area contributed by atoms with E-state index in [2.05, 4.69) is 31.4 Å². The number of rotatable bonds is 4. The molecule has 120 valence electrons. The summed E-state index contributed by atoms with van der Waals surface area (Å²) in [5.41, 5.74) is 0.522. The Kier molecular flexibility index (Phi) is 4.48. The molecule has 2 N–H and O–H groups in total. The Morgan fingerprint density at radius 1 is 1.26 bits per heavy atom. The van der Waals surface area contributed by atoms with Gasteiger partial charge in [0.25, 0.3) is 10.0 Å². The molecule has 0 aromatic carbocycles. The number of thiophene rings is 1. The molecule has 0 fully saturated rings. The molecule has 0 aliphatic carbocycles. The quantitative estimate of drug-likeness (QED) is 0.651. The van der Waals surface area contributed by atoms with E-state index >= 15 is 0 Å². The van der Waals surface area contributed by atoms with E-state index in [1.54, 1.807) is 12.1 Å². The van der Waals surface area contributed by atoms with Gasteiger partial charge in [-0.05, 0) is 28.1 Å². The number of urea groups is 1. The summed E-state index contributed by atoms with van der Waals surface area (Å²) in [6.07, 6.45) is 2.89. The molecule has 0 spiro atoms. The first-order valence-corrected chi connectivity index (χ1v) is 9.81. The van der Waals surface area contributed by atoms with Crippen LogP contribution in [-0.2, 0) is 10.0 Å². The van der Waals surface area contributed by atoms with Gasteiger partial charge in [-0.2, -0.15) is 0 Å². The molecule has 3 heterocycles. The second kappa shape index (κ2) is 6.39. The van der Waals surface area contributed by atoms with Gasteiger partial charge in [-0.1, -0.05) is 16.5 Å². The number of hydrogen-bond donors (Lipinski definition) is 2. The molecule has 0 atom stereocenters. The summed E-state index contributed by atoms with van der Waals surface area (Å²) in [7, 11) is -3.98. The normalized spacial score (nSPS) is 11.3. The number of anilines is 1. The third-order valence-corrected chi connectivity index (χ3v) is 6.78. The molecule has 0 saturated carbocycles. The van der Waals surface area contributed by atoms with E-state index in [1.807, 2.05) is 4.72 Å². The van der Waals surface area contributed by atoms with Crippen LogP contribution in [0.4, 0.5) is 9.93 Å². The highest BCUT2D eigenvalue weighted by Crippen LogP contribution is 2.29. The van der Waals surface area contributed by atoms with Crippen molar-refractivity contribution in [1.29, 1.82) is 0 Å². The minimum absolute atomic E-state index is 0.00836. The Balaban J connectivity index is 1.72. The highest BCUT2D eigenvalue weighted by Gasteiger charge is 2.21. The van der Waals surface area contributed by atoms with Crippen LogP contribution < -0.4 is 10.0 Å². The van der Waals surface area contributed by atoms with Gasteiger partial charge >= 0.3 is 6.03 Å². The lowest BCUT2D eigenvalue weighted by atomic mass is 10.3. The lowest BCUT2D eigenvalue weighted by molar-refractivity contribution is 0.256. The van der Waals surface area contributed by atoms with E-state index in [-0.39, 0.29) is 9.34 Å². The van der Waals surface area contributed by atoms with Crippen LogP contribution in [0.3, 0.4) is 0 Å². The smallest absolute Gasteiger partial charge is 0.334 e. The van der Waals surface area contributed by atoms with Gasteiger partial charge in [0.2, 0.25) is 0 Å². The summed E-state index contributed by atoms with van der Waals surface area (Å²) in [5, 5.41) is 6.36. The molecule has 0 saturated heterocycles. The van der Waals surface area contributed by atoms with Gasteiger partial charge in [0.1, 0.15) is 16.2 Å². The van der Waals surface area contributed by atoms with Crippen molar-refractivity contribution < 1.29 is 17.7 Å². The Bertz CT molecular complexity index is 932. The van der Waals surface area contributed by atoms with Gasteiger partial charge in [-0.25, -0.2) is 22.9 Å². The third-order valence-electron chi connectivity index (χ3n) is 2.46. The second-order valence-electron chi connectivity index (χ2n) is 4.03. The number of sulfonamides is 1. The average Bonchev–Trinajstić information content (AvgIpc) is 3.17. The van der Waals surface area contributed by atoms with Gasteiger partial charge in [0, 0.05) is 6.07 Å². The van der Waals surface area contributed by atoms with Crippen LogP contribution in [0, 0.1) is 0 Å². The van der Waals surface area contributed by atoms with Crippen molar-refractivity contribution in [3.8, 4) is 10.6 Å². The number of nitrogens with one attached hydrogen (secondary N) is 2. The first-order chi connectivity index (χ1) is 10.9. The van der Waals surface area contributed by atoms with E-state index in [1.165, 1.54) is 18.5 Å². The monoisotopic (exact) mass is 434 g/mol. The SMILES string of the molecule is O=C(Nc1ncc(Br)s1)NS(=O)(=O)c1ccc(-c2ccon2)s1. The summed E-state index contributed by atoms with van der Waals surface area (Å²) in [5.74, 6) is 0. The van der Waals surface area contributed by atoms with Crippen LogP contribution in [0.1, 0.15) is 0 Å². The fourth-order valence-corrected chi connectivity index (χ4v) is 4.83. The maximum absolute atomic E-state index is 12.2. The number of halogens is 1. The second-order valence-corrected chi connectivity index (χ2v) is 9.44. The number of aromatic nitrogens is 2. The number of carbonyl (C=O) groups excluding carboxylic acids is 1. The highest BCUT2D eigenvalue weighted by atomic mass is 79.9. The van der Waals surface area contributed by atoms with E-state index in [0.29, 0.717) is 14.4 Å². The molecular formula is C11H7BrN4O4S3. The fourth-order valence-electron chi connectivity index (χ4n) is 1.55. The number of thiazole rings is 1. The van der Waals surface area contributed by atoms with Crippen LogP contribution in [0.5, 0.6) is 0 Å². The number of nitrogens with zero attached hydrogens (tertiary/aromatic N) is 2. The summed E-state index contributed by atoms with van der Waals surface area (Å²) in [6, 6.07) is 3.71. The Labute approximate surface area is 146 Å². The fraction of sp³-hybridized carbons (Fsp3) is 0. The predicted molar refractivity (Wildman–Crippen MR) is 89.0 cm³/mol. The maximum atomic E-state index is 12.2. The van der Waals surface area contributed by atoms with Crippen molar-refractivity contribution in [2.45, 2.75) is 4.21 Å². The number of carbonyl (C=O) groups is 1. The lowest BCUT2D eigenvalue weighted by Crippen LogP contribution is -2.33. The Morgan fingerprint density at radius 2 is 2.09 bits per heavy atom. The van der Waals surface area contributed by atoms with E-state index in [0.717, 1.165) is 22.7 Å². The third kappa shape index (κ3) is 3.77. The van der Waals surface area contributed by atoms with Gasteiger partial charge < -0.3 is 4.52 Å². The molecule has 12 heteroatoms. The minimum atomic E-state index is -3.98. The molecule has 0 radical (unpaired) electrons. The largest absolute Gasteiger partial charge is 0.364 e. The summed E-state index contributed by atoms with van der Waals surface area (Å²) in [4.78, 5) is 16.3. The van der Waals surface area contributed by atoms with Gasteiger partial charge in [-0.15, -0.1) is 11.3 Å². The van der Waals surface area contributed by atoms with E-state index in [9.17, 15) is 13.2 Å². The van der Waals surface area contributed by atoms with Crippen molar-refractivity contribution >= 4 is 59.8 Å². The molecule has 3 aromatic rings. The first kappa shape index (κ1) is 16.1. The van der Waals surface area contributed by atoms with Gasteiger partial charge in [-0.3, -0.25) is 5.32 Å². The molecule has 0 aliphatic rings. The predicted octanol–water partition coefficient (Wildman–Crippen LogP) is 3.13. The molecular weight excluding hydrogens is 428 g/mol. The van der Waals surface area contributed by atoms with Gasteiger partial charge in [0.05, 0.1) is 14.9 Å². The number of amides is 2. The van der Waals surface area contributed by atoms with Crippen molar-refractivity contribution in [1.82, 2.24) is 14.9 Å². The minimum Gasteiger partial charge on any atom is -0.364 e. The summed E-state index contributed by atoms with van der Waals surface area (Å²) >= 11 is 5.34. The lowest BCUT2D eigenvalue weighted by Gasteiger charge is -2.04. The van der Waals surface area contributed by atoms with Crippen LogP contribution in [0.2, 0.25) is 0 Å². The van der Waals surface area contributed by atoms with Crippen LogP contribution >= 0.6 is 38.6 Å². The topological polar surface area (TPSA) is 114 Å². The summed E-state index contributed by atoms with van der Waals surface area (Å²) in [6.45, 7) is 0. The zero-order chi connectivity index (χ0) is 16.4. The number of hydrogen-bond acceptors (Lipinski definition) is 8. The molecule has 3 aromatic heterocycles. The average molecular weight is 435 g/mol. The summed E-state index contributed by atoms with van der Waals surface area (Å²) < 4.78 is 31.7. The zero-order valence-corrected chi connectivity index (χ0v) is 15.1. The van der Waals surface area contributed by atoms with Gasteiger partial charge in [0.15, 0.2) is 5.13 Å². The zero-order valence-electron chi connectivity index (χ0n) is 11.0. The first-order valence-electron chi connectivity index (χ1n) is 5.90. The van der Waals surface area contributed by atoms with Crippen LogP contribution in [0.25, 0.3) is 10.6 Å². The van der Waals surface area contributed by atoms with E-state index < -0.39 is 16.1 Å². The Hall–Kier alpha value is -1.76. The molecule has 3 rings (SSSR count). The Morgan fingerprint density at radius 3 is 2.74 bits per heavy atom. The maximum Gasteiger partial charge on any atom is 0.334 e. The standard InChI is InChI=1S/C11H7BrN4O4S3/c12-8-5-13-11(22-8)14-10(17)16-23(18,19)9-2-1-7(21-9)6-3-4-20-15-6/h1-5H,(H2,13,14,16,17). The molecule has 0 bridgehead atoms. The van der Waals surface area contributed by atoms with Crippen molar-refractivity contribution in [2.24, 2.45) is 0 Å². The van der Waals surface area contributed by atoms with Crippen LogP contribution in [0.15, 0.2) is 43.2 Å². The van der Waals surface area contributed by atoms with E-state index in [4.69, 9.17) is 4.52 Å². The molecule has 2 amide bonds.